The van der Waals surface area contributed by atoms with E-state index in [-0.39, 0.29) is 18.1 Å². The molecule has 0 bridgehead atoms. The lowest BCUT2D eigenvalue weighted by molar-refractivity contribution is -0.117. The summed E-state index contributed by atoms with van der Waals surface area (Å²) < 4.78 is 15.4. The Hall–Kier alpha value is -5.37. The third kappa shape index (κ3) is 6.36. The monoisotopic (exact) mass is 531 g/mol. The van der Waals surface area contributed by atoms with Gasteiger partial charge in [-0.15, -0.1) is 0 Å². The molecule has 0 aliphatic carbocycles. The number of amides is 2. The lowest BCUT2D eigenvalue weighted by Crippen LogP contribution is -2.34. The molecule has 0 aliphatic rings. The molecule has 0 atom stereocenters. The Bertz CT molecular complexity index is 1650. The van der Waals surface area contributed by atoms with Gasteiger partial charge in [-0.05, 0) is 73.2 Å². The molecule has 0 aliphatic heterocycles. The lowest BCUT2D eigenvalue weighted by Gasteiger charge is -2.11. The molecule has 0 unspecified atom stereocenters. The molecule has 2 amide bonds. The van der Waals surface area contributed by atoms with Crippen molar-refractivity contribution in [2.24, 2.45) is 0 Å². The van der Waals surface area contributed by atoms with Gasteiger partial charge >= 0.3 is 0 Å². The minimum absolute atomic E-state index is 0.0328. The lowest BCUT2D eigenvalue weighted by atomic mass is 10.1. The molecule has 5 aromatic rings. The molecule has 198 valence electrons. The summed E-state index contributed by atoms with van der Waals surface area (Å²) in [6.07, 6.45) is 6.65. The van der Waals surface area contributed by atoms with Crippen LogP contribution >= 0.6 is 0 Å². The number of hydrogen-bond donors (Lipinski definition) is 2. The molecule has 40 heavy (non-hydrogen) atoms. The van der Waals surface area contributed by atoms with Gasteiger partial charge in [0.15, 0.2) is 0 Å². The number of rotatable bonds is 8. The quantitative estimate of drug-likeness (QED) is 0.260. The highest BCUT2D eigenvalue weighted by Gasteiger charge is 2.18. The van der Waals surface area contributed by atoms with Gasteiger partial charge in [0.1, 0.15) is 17.2 Å². The third-order valence-electron chi connectivity index (χ3n) is 6.16. The Morgan fingerprint density at radius 3 is 2.38 bits per heavy atom. The number of aromatic nitrogens is 3. The molecule has 7 nitrogen and oxygen atoms in total. The molecule has 0 spiro atoms. The van der Waals surface area contributed by atoms with Crippen LogP contribution in [0.2, 0.25) is 0 Å². The Balaban J connectivity index is 1.55. The zero-order chi connectivity index (χ0) is 27.9. The zero-order valence-corrected chi connectivity index (χ0v) is 21.7. The first-order chi connectivity index (χ1) is 19.5. The Morgan fingerprint density at radius 2 is 1.68 bits per heavy atom. The maximum atomic E-state index is 13.7. The molecule has 2 aromatic heterocycles. The van der Waals surface area contributed by atoms with Crippen molar-refractivity contribution in [3.05, 3.63) is 143 Å². The Labute approximate surface area is 231 Å². The zero-order valence-electron chi connectivity index (χ0n) is 21.7. The van der Waals surface area contributed by atoms with Gasteiger partial charge in [-0.25, -0.2) is 9.07 Å². The molecule has 8 heteroatoms. The van der Waals surface area contributed by atoms with E-state index in [1.807, 2.05) is 55.5 Å². The number of para-hydroxylation sites is 1. The highest BCUT2D eigenvalue weighted by molar-refractivity contribution is 6.05. The molecule has 2 N–H and O–H groups in total. The first-order valence-electron chi connectivity index (χ1n) is 12.6. The number of halogens is 1. The first kappa shape index (κ1) is 26.2. The van der Waals surface area contributed by atoms with E-state index in [0.717, 1.165) is 16.8 Å². The van der Waals surface area contributed by atoms with Crippen LogP contribution in [0, 0.1) is 12.7 Å². The first-order valence-corrected chi connectivity index (χ1v) is 12.6. The van der Waals surface area contributed by atoms with Gasteiger partial charge in [0.05, 0.1) is 5.69 Å². The fourth-order valence-corrected chi connectivity index (χ4v) is 4.03. The van der Waals surface area contributed by atoms with Gasteiger partial charge in [0, 0.05) is 41.8 Å². The second kappa shape index (κ2) is 12.0. The fraction of sp³-hybridized carbons (Fsp3) is 0.0625. The van der Waals surface area contributed by atoms with E-state index in [9.17, 15) is 14.0 Å². The van der Waals surface area contributed by atoms with Gasteiger partial charge in [-0.2, -0.15) is 5.10 Å². The van der Waals surface area contributed by atoms with E-state index < -0.39 is 11.8 Å². The van der Waals surface area contributed by atoms with Crippen molar-refractivity contribution in [1.29, 1.82) is 0 Å². The van der Waals surface area contributed by atoms with E-state index in [1.165, 1.54) is 12.1 Å². The Morgan fingerprint density at radius 1 is 0.925 bits per heavy atom. The maximum absolute atomic E-state index is 13.7. The predicted octanol–water partition coefficient (Wildman–Crippen LogP) is 5.47. The number of aryl methyl sites for hydroxylation is 1. The van der Waals surface area contributed by atoms with Crippen LogP contribution in [-0.4, -0.2) is 26.6 Å². The largest absolute Gasteiger partial charge is 0.347 e. The number of benzene rings is 3. The summed E-state index contributed by atoms with van der Waals surface area (Å²) in [7, 11) is 0. The molecule has 0 saturated carbocycles. The van der Waals surface area contributed by atoms with Crippen LogP contribution in [0.1, 0.15) is 27.0 Å². The van der Waals surface area contributed by atoms with Crippen LogP contribution in [0.3, 0.4) is 0 Å². The highest BCUT2D eigenvalue weighted by atomic mass is 19.1. The maximum Gasteiger partial charge on any atom is 0.268 e. The van der Waals surface area contributed by atoms with Gasteiger partial charge in [-0.1, -0.05) is 42.0 Å². The van der Waals surface area contributed by atoms with Gasteiger partial charge in [0.25, 0.3) is 11.8 Å². The average molecular weight is 532 g/mol. The van der Waals surface area contributed by atoms with Crippen LogP contribution in [0.4, 0.5) is 4.39 Å². The molecule has 5 rings (SSSR count). The molecule has 0 fully saturated rings. The number of nitrogens with one attached hydrogen (secondary N) is 2. The number of nitrogens with zero attached hydrogens (tertiary/aromatic N) is 3. The SMILES string of the molecule is Cc1ccc(C(=O)N/C(=C\c2cn(-c3ccccc3)nc2-c2ccc(F)cc2)C(=O)NCc2cccnc2)cc1. The van der Waals surface area contributed by atoms with Crippen molar-refractivity contribution < 1.29 is 14.0 Å². The molecular formula is C32H26FN5O2. The van der Waals surface area contributed by atoms with Crippen molar-refractivity contribution in [1.82, 2.24) is 25.4 Å². The molecule has 2 heterocycles. The van der Waals surface area contributed by atoms with E-state index in [0.29, 0.717) is 22.4 Å². The highest BCUT2D eigenvalue weighted by Crippen LogP contribution is 2.26. The van der Waals surface area contributed by atoms with Crippen LogP contribution in [0.25, 0.3) is 23.0 Å². The summed E-state index contributed by atoms with van der Waals surface area (Å²) in [6.45, 7) is 2.15. The van der Waals surface area contributed by atoms with Crippen molar-refractivity contribution in [2.75, 3.05) is 0 Å². The second-order valence-electron chi connectivity index (χ2n) is 9.14. The third-order valence-corrected chi connectivity index (χ3v) is 6.16. The van der Waals surface area contributed by atoms with E-state index in [2.05, 4.69) is 15.6 Å². The summed E-state index contributed by atoms with van der Waals surface area (Å²) in [6, 6.07) is 26.1. The number of hydrogen-bond acceptors (Lipinski definition) is 4. The summed E-state index contributed by atoms with van der Waals surface area (Å²) in [5, 5.41) is 10.4. The number of carbonyl (C=O) groups excluding carboxylic acids is 2. The number of pyridine rings is 1. The summed E-state index contributed by atoms with van der Waals surface area (Å²) in [5.41, 5.74) is 4.81. The van der Waals surface area contributed by atoms with Crippen LogP contribution in [-0.2, 0) is 11.3 Å². The minimum atomic E-state index is -0.484. The van der Waals surface area contributed by atoms with Crippen molar-refractivity contribution in [3.63, 3.8) is 0 Å². The van der Waals surface area contributed by atoms with Crippen molar-refractivity contribution in [3.8, 4) is 16.9 Å². The van der Waals surface area contributed by atoms with E-state index >= 15 is 0 Å². The van der Waals surface area contributed by atoms with Gasteiger partial charge in [-0.3, -0.25) is 14.6 Å². The minimum Gasteiger partial charge on any atom is -0.347 e. The second-order valence-corrected chi connectivity index (χ2v) is 9.14. The van der Waals surface area contributed by atoms with Gasteiger partial charge < -0.3 is 10.6 Å². The smallest absolute Gasteiger partial charge is 0.268 e. The number of carbonyl (C=O) groups is 2. The average Bonchev–Trinajstić information content (AvgIpc) is 3.41. The fourth-order valence-electron chi connectivity index (χ4n) is 4.03. The molecule has 0 radical (unpaired) electrons. The standard InChI is InChI=1S/C32H26FN5O2/c1-22-9-11-25(12-10-22)31(39)36-29(32(40)35-20-23-6-5-17-34-19-23)18-26-21-38(28-7-3-2-4-8-28)37-30(26)24-13-15-27(33)16-14-24/h2-19,21H,20H2,1H3,(H,35,40)(H,36,39)/b29-18-. The van der Waals surface area contributed by atoms with Crippen LogP contribution in [0.5, 0.6) is 0 Å². The summed E-state index contributed by atoms with van der Waals surface area (Å²) in [5.74, 6) is -1.28. The molecule has 0 saturated heterocycles. The Kier molecular flexibility index (Phi) is 7.87. The normalized spacial score (nSPS) is 11.2. The van der Waals surface area contributed by atoms with Gasteiger partial charge in [0.2, 0.25) is 0 Å². The van der Waals surface area contributed by atoms with E-state index in [4.69, 9.17) is 5.10 Å². The van der Waals surface area contributed by atoms with E-state index in [1.54, 1.807) is 59.7 Å². The summed E-state index contributed by atoms with van der Waals surface area (Å²) >= 11 is 0. The topological polar surface area (TPSA) is 88.9 Å². The molecule has 3 aromatic carbocycles. The predicted molar refractivity (Wildman–Crippen MR) is 152 cm³/mol. The van der Waals surface area contributed by atoms with Crippen molar-refractivity contribution in [2.45, 2.75) is 13.5 Å². The summed E-state index contributed by atoms with van der Waals surface area (Å²) in [4.78, 5) is 30.6. The molecular weight excluding hydrogens is 505 g/mol. The van der Waals surface area contributed by atoms with Crippen LogP contribution in [0.15, 0.2) is 115 Å². The van der Waals surface area contributed by atoms with Crippen molar-refractivity contribution >= 4 is 17.9 Å². The van der Waals surface area contributed by atoms with Crippen LogP contribution < -0.4 is 10.6 Å².